The Balaban J connectivity index is 2.91. The van der Waals surface area contributed by atoms with Crippen molar-refractivity contribution in [1.29, 1.82) is 0 Å². The third-order valence-electron chi connectivity index (χ3n) is 2.42. The summed E-state index contributed by atoms with van der Waals surface area (Å²) in [5.41, 5.74) is -0.913. The Bertz CT molecular complexity index is 504. The fraction of sp³-hybridized carbons (Fsp3) is 0.545. The monoisotopic (exact) mass is 256 g/mol. The summed E-state index contributed by atoms with van der Waals surface area (Å²) in [6.07, 6.45) is 4.89. The van der Waals surface area contributed by atoms with Gasteiger partial charge in [0.1, 0.15) is 0 Å². The molecule has 1 aromatic rings. The average Bonchev–Trinajstić information content (AvgIpc) is 2.27. The molecule has 0 aliphatic rings. The van der Waals surface area contributed by atoms with E-state index in [4.69, 9.17) is 0 Å². The molecule has 0 aromatic carbocycles. The smallest absolute Gasteiger partial charge is 0.313 e. The first-order chi connectivity index (χ1) is 8.07. The Morgan fingerprint density at radius 3 is 2.71 bits per heavy atom. The zero-order valence-electron chi connectivity index (χ0n) is 9.99. The van der Waals surface area contributed by atoms with Gasteiger partial charge < -0.3 is 4.98 Å². The maximum Gasteiger partial charge on any atom is 0.328 e. The third kappa shape index (κ3) is 3.59. The molecule has 5 nitrogen and oxygen atoms in total. The number of carbonyl (C=O) groups is 1. The van der Waals surface area contributed by atoms with E-state index in [0.29, 0.717) is 6.54 Å². The van der Waals surface area contributed by atoms with Gasteiger partial charge in [0.2, 0.25) is 0 Å². The lowest BCUT2D eigenvalue weighted by atomic mass is 10.2. The highest BCUT2D eigenvalue weighted by atomic mass is 32.2. The molecule has 0 atom stereocenters. The minimum absolute atomic E-state index is 0.0365. The van der Waals surface area contributed by atoms with E-state index in [9.17, 15) is 14.4 Å². The van der Waals surface area contributed by atoms with Crippen LogP contribution in [0.5, 0.6) is 0 Å². The van der Waals surface area contributed by atoms with Gasteiger partial charge in [-0.05, 0) is 31.8 Å². The standard InChI is InChI=1S/C11H16N2O3S/c1-8(14)9-7-12-11(16)13(10(9)15)5-3-4-6-17-2/h7H,3-6H2,1-2H3,(H,12,16). The van der Waals surface area contributed by atoms with Crippen LogP contribution in [0, 0.1) is 0 Å². The molecule has 0 radical (unpaired) electrons. The molecule has 1 aromatic heterocycles. The number of hydrogen-bond acceptors (Lipinski definition) is 4. The number of H-pyrrole nitrogens is 1. The van der Waals surface area contributed by atoms with E-state index in [-0.39, 0.29) is 11.3 Å². The highest BCUT2D eigenvalue weighted by molar-refractivity contribution is 7.98. The summed E-state index contributed by atoms with van der Waals surface area (Å²) < 4.78 is 1.09. The van der Waals surface area contributed by atoms with Crippen molar-refractivity contribution in [2.45, 2.75) is 26.3 Å². The van der Waals surface area contributed by atoms with Gasteiger partial charge >= 0.3 is 5.69 Å². The van der Waals surface area contributed by atoms with Crippen molar-refractivity contribution in [1.82, 2.24) is 9.55 Å². The Morgan fingerprint density at radius 1 is 1.41 bits per heavy atom. The van der Waals surface area contributed by atoms with Crippen LogP contribution in [0.3, 0.4) is 0 Å². The fourth-order valence-electron chi connectivity index (χ4n) is 1.48. The molecule has 0 fully saturated rings. The molecule has 94 valence electrons. The normalized spacial score (nSPS) is 10.5. The zero-order chi connectivity index (χ0) is 12.8. The average molecular weight is 256 g/mol. The lowest BCUT2D eigenvalue weighted by molar-refractivity contribution is 0.101. The van der Waals surface area contributed by atoms with E-state index >= 15 is 0 Å². The summed E-state index contributed by atoms with van der Waals surface area (Å²) >= 11 is 1.73. The minimum Gasteiger partial charge on any atom is -0.313 e. The van der Waals surface area contributed by atoms with Gasteiger partial charge in [0.25, 0.3) is 5.56 Å². The van der Waals surface area contributed by atoms with Crippen LogP contribution in [0.15, 0.2) is 15.8 Å². The molecule has 0 spiro atoms. The Morgan fingerprint density at radius 2 is 2.12 bits per heavy atom. The van der Waals surface area contributed by atoms with Crippen LogP contribution < -0.4 is 11.2 Å². The van der Waals surface area contributed by atoms with Gasteiger partial charge in [-0.15, -0.1) is 0 Å². The van der Waals surface area contributed by atoms with E-state index in [1.54, 1.807) is 11.8 Å². The van der Waals surface area contributed by atoms with Crippen LogP contribution in [0.2, 0.25) is 0 Å². The molecule has 1 heterocycles. The van der Waals surface area contributed by atoms with Gasteiger partial charge in [-0.25, -0.2) is 4.79 Å². The highest BCUT2D eigenvalue weighted by Crippen LogP contribution is 1.99. The zero-order valence-corrected chi connectivity index (χ0v) is 10.8. The highest BCUT2D eigenvalue weighted by Gasteiger charge is 2.10. The number of carbonyl (C=O) groups excluding carboxylic acids is 1. The van der Waals surface area contributed by atoms with Gasteiger partial charge in [-0.2, -0.15) is 11.8 Å². The second kappa shape index (κ2) is 6.44. The maximum absolute atomic E-state index is 11.8. The maximum atomic E-state index is 11.8. The van der Waals surface area contributed by atoms with Crippen molar-refractivity contribution in [3.8, 4) is 0 Å². The molecule has 0 saturated carbocycles. The fourth-order valence-corrected chi connectivity index (χ4v) is 1.98. The second-order valence-electron chi connectivity index (χ2n) is 3.72. The molecule has 6 heteroatoms. The van der Waals surface area contributed by atoms with E-state index in [1.807, 2.05) is 6.26 Å². The number of hydrogen-bond donors (Lipinski definition) is 1. The molecule has 17 heavy (non-hydrogen) atoms. The molecule has 0 aliphatic carbocycles. The van der Waals surface area contributed by atoms with Crippen molar-refractivity contribution in [2.24, 2.45) is 0 Å². The Labute approximate surface area is 103 Å². The van der Waals surface area contributed by atoms with Crippen LogP contribution in [0.25, 0.3) is 0 Å². The van der Waals surface area contributed by atoms with Crippen molar-refractivity contribution >= 4 is 17.5 Å². The first-order valence-electron chi connectivity index (χ1n) is 5.40. The summed E-state index contributed by atoms with van der Waals surface area (Å²) in [6, 6.07) is 0. The SMILES string of the molecule is CSCCCCn1c(=O)[nH]cc(C(C)=O)c1=O. The summed E-state index contributed by atoms with van der Waals surface area (Å²) in [5.74, 6) is 0.670. The Hall–Kier alpha value is -1.30. The molecule has 0 amide bonds. The van der Waals surface area contributed by atoms with Gasteiger partial charge in [0.15, 0.2) is 5.78 Å². The first-order valence-corrected chi connectivity index (χ1v) is 6.79. The van der Waals surface area contributed by atoms with Gasteiger partial charge in [0, 0.05) is 12.7 Å². The molecule has 0 saturated heterocycles. The number of ketones is 1. The number of aromatic nitrogens is 2. The van der Waals surface area contributed by atoms with Gasteiger partial charge in [-0.3, -0.25) is 14.2 Å². The molecule has 0 bridgehead atoms. The topological polar surface area (TPSA) is 71.9 Å². The largest absolute Gasteiger partial charge is 0.328 e. The van der Waals surface area contributed by atoms with Crippen molar-refractivity contribution < 1.29 is 4.79 Å². The van der Waals surface area contributed by atoms with E-state index in [0.717, 1.165) is 23.2 Å². The van der Waals surface area contributed by atoms with Crippen LogP contribution in [0.4, 0.5) is 0 Å². The number of thioether (sulfide) groups is 1. The summed E-state index contributed by atoms with van der Waals surface area (Å²) in [7, 11) is 0. The molecule has 0 unspecified atom stereocenters. The van der Waals surface area contributed by atoms with Crippen LogP contribution in [-0.2, 0) is 6.54 Å². The lowest BCUT2D eigenvalue weighted by Crippen LogP contribution is -2.37. The summed E-state index contributed by atoms with van der Waals surface area (Å²) in [4.78, 5) is 36.9. The molecular weight excluding hydrogens is 240 g/mol. The molecule has 1 rings (SSSR count). The minimum atomic E-state index is -0.495. The summed E-state index contributed by atoms with van der Waals surface area (Å²) in [6.45, 7) is 1.67. The number of rotatable bonds is 6. The van der Waals surface area contributed by atoms with Gasteiger partial charge in [0.05, 0.1) is 5.56 Å². The van der Waals surface area contributed by atoms with E-state index in [2.05, 4.69) is 4.98 Å². The van der Waals surface area contributed by atoms with Gasteiger partial charge in [-0.1, -0.05) is 0 Å². The van der Waals surface area contributed by atoms with Crippen molar-refractivity contribution in [2.75, 3.05) is 12.0 Å². The molecular formula is C11H16N2O3S. The number of nitrogens with zero attached hydrogens (tertiary/aromatic N) is 1. The molecule has 0 aliphatic heterocycles. The molecule has 1 N–H and O–H groups in total. The first kappa shape index (κ1) is 13.8. The second-order valence-corrected chi connectivity index (χ2v) is 4.71. The quantitative estimate of drug-likeness (QED) is 0.606. The third-order valence-corrected chi connectivity index (χ3v) is 3.12. The number of unbranched alkanes of at least 4 members (excludes halogenated alkanes) is 1. The summed E-state index contributed by atoms with van der Waals surface area (Å²) in [5, 5.41) is 0. The Kier molecular flexibility index (Phi) is 5.21. The predicted molar refractivity (Wildman–Crippen MR) is 68.9 cm³/mol. The predicted octanol–water partition coefficient (Wildman–Crippen LogP) is 0.882. The van der Waals surface area contributed by atoms with Crippen LogP contribution in [0.1, 0.15) is 30.1 Å². The van der Waals surface area contributed by atoms with Crippen LogP contribution >= 0.6 is 11.8 Å². The van der Waals surface area contributed by atoms with E-state index < -0.39 is 11.2 Å². The lowest BCUT2D eigenvalue weighted by Gasteiger charge is -2.05. The number of Topliss-reactive ketones (excluding diaryl/α,β-unsaturated/α-hetero) is 1. The number of aromatic amines is 1. The van der Waals surface area contributed by atoms with Crippen molar-refractivity contribution in [3.05, 3.63) is 32.6 Å². The van der Waals surface area contributed by atoms with Crippen LogP contribution in [-0.4, -0.2) is 27.3 Å². The number of nitrogens with one attached hydrogen (secondary N) is 1. The van der Waals surface area contributed by atoms with Crippen molar-refractivity contribution in [3.63, 3.8) is 0 Å². The van der Waals surface area contributed by atoms with E-state index in [1.165, 1.54) is 13.1 Å².